The molecule has 0 spiro atoms. The lowest BCUT2D eigenvalue weighted by molar-refractivity contribution is 0.0261. The molecule has 1 saturated heterocycles. The molecule has 168 valence electrons. The number of aromatic nitrogens is 5. The number of hydrogen-bond donors (Lipinski definition) is 1. The number of anilines is 1. The van der Waals surface area contributed by atoms with Crippen LogP contribution in [0.1, 0.15) is 24.2 Å². The van der Waals surface area contributed by atoms with Gasteiger partial charge in [0.1, 0.15) is 35.3 Å². The molecular formula is C24H23FN6O2. The fourth-order valence-corrected chi connectivity index (χ4v) is 3.73. The van der Waals surface area contributed by atoms with Gasteiger partial charge in [-0.1, -0.05) is 0 Å². The zero-order valence-corrected chi connectivity index (χ0v) is 18.2. The van der Waals surface area contributed by atoms with Crippen LogP contribution in [0.5, 0.6) is 5.75 Å². The number of nitrogens with zero attached hydrogens (tertiary/aromatic N) is 5. The Morgan fingerprint density at radius 3 is 2.70 bits per heavy atom. The highest BCUT2D eigenvalue weighted by atomic mass is 19.1. The molecule has 0 saturated carbocycles. The van der Waals surface area contributed by atoms with Gasteiger partial charge in [0.15, 0.2) is 0 Å². The van der Waals surface area contributed by atoms with E-state index in [1.54, 1.807) is 6.07 Å². The molecule has 3 aromatic heterocycles. The number of fused-ring (bicyclic) bond motifs is 1. The highest BCUT2D eigenvalue weighted by molar-refractivity contribution is 5.96. The lowest BCUT2D eigenvalue weighted by Gasteiger charge is -2.24. The van der Waals surface area contributed by atoms with Gasteiger partial charge >= 0.3 is 0 Å². The third kappa shape index (κ3) is 4.88. The number of aryl methyl sites for hydroxylation is 1. The number of halogens is 1. The molecule has 4 aromatic rings. The minimum Gasteiger partial charge on any atom is -0.488 e. The Kier molecular flexibility index (Phi) is 6.03. The van der Waals surface area contributed by atoms with E-state index in [1.807, 2.05) is 31.2 Å². The molecule has 8 nitrogen and oxygen atoms in total. The number of pyridine rings is 1. The Hall–Kier alpha value is -3.72. The summed E-state index contributed by atoms with van der Waals surface area (Å²) in [5.41, 5.74) is 3.77. The average Bonchev–Trinajstić information content (AvgIpc) is 2.85. The fourth-order valence-electron chi connectivity index (χ4n) is 3.73. The molecular weight excluding hydrogens is 423 g/mol. The van der Waals surface area contributed by atoms with E-state index in [0.717, 1.165) is 35.2 Å². The molecule has 1 aliphatic heterocycles. The van der Waals surface area contributed by atoms with Crippen LogP contribution in [0.15, 0.2) is 48.9 Å². The van der Waals surface area contributed by atoms with Crippen LogP contribution >= 0.6 is 0 Å². The Labute approximate surface area is 190 Å². The van der Waals surface area contributed by atoms with Crippen molar-refractivity contribution in [2.75, 3.05) is 18.5 Å². The molecule has 9 heteroatoms. The summed E-state index contributed by atoms with van der Waals surface area (Å²) in [5.74, 6) is 0.896. The molecule has 1 fully saturated rings. The molecule has 4 heterocycles. The number of nitrogens with one attached hydrogen (secondary N) is 1. The molecule has 5 rings (SSSR count). The van der Waals surface area contributed by atoms with Crippen LogP contribution in [0.25, 0.3) is 22.2 Å². The normalized spacial score (nSPS) is 14.4. The summed E-state index contributed by atoms with van der Waals surface area (Å²) >= 11 is 0. The van der Waals surface area contributed by atoms with Crippen LogP contribution in [0.3, 0.4) is 0 Å². The van der Waals surface area contributed by atoms with Gasteiger partial charge in [0.05, 0.1) is 43.0 Å². The van der Waals surface area contributed by atoms with Gasteiger partial charge in [0.25, 0.3) is 0 Å². The zero-order chi connectivity index (χ0) is 22.6. The smallest absolute Gasteiger partial charge is 0.146 e. The molecule has 0 unspecified atom stereocenters. The third-order valence-electron chi connectivity index (χ3n) is 5.48. The predicted octanol–water partition coefficient (Wildman–Crippen LogP) is 4.10. The Bertz CT molecular complexity index is 1240. The van der Waals surface area contributed by atoms with E-state index in [1.165, 1.54) is 18.6 Å². The molecule has 1 aliphatic rings. The number of hydrogen-bond acceptors (Lipinski definition) is 8. The lowest BCUT2D eigenvalue weighted by atomic mass is 10.1. The summed E-state index contributed by atoms with van der Waals surface area (Å²) in [7, 11) is 0. The van der Waals surface area contributed by atoms with Crippen molar-refractivity contribution in [2.24, 2.45) is 0 Å². The second-order valence-corrected chi connectivity index (χ2v) is 7.90. The summed E-state index contributed by atoms with van der Waals surface area (Å²) in [5, 5.41) is 12.4. The van der Waals surface area contributed by atoms with Gasteiger partial charge in [-0.3, -0.25) is 4.98 Å². The average molecular weight is 446 g/mol. The topological polar surface area (TPSA) is 94.9 Å². The van der Waals surface area contributed by atoms with Crippen molar-refractivity contribution >= 4 is 16.7 Å². The van der Waals surface area contributed by atoms with Crippen LogP contribution < -0.4 is 10.1 Å². The minimum absolute atomic E-state index is 0.0348. The van der Waals surface area contributed by atoms with E-state index in [2.05, 4.69) is 30.5 Å². The standard InChI is InChI=1S/C24H23FN6O2/c1-15-2-4-18(31-30-15)13-27-24-20-10-16(21-5-3-17(25)12-26-21)11-22(23(20)28-14-29-24)33-19-6-8-32-9-7-19/h2-5,10-12,14,19H,6-9,13H2,1H3,(H,27,28,29). The van der Waals surface area contributed by atoms with Gasteiger partial charge in [-0.2, -0.15) is 10.2 Å². The summed E-state index contributed by atoms with van der Waals surface area (Å²) in [6.45, 7) is 3.68. The van der Waals surface area contributed by atoms with E-state index in [9.17, 15) is 4.39 Å². The predicted molar refractivity (Wildman–Crippen MR) is 121 cm³/mol. The summed E-state index contributed by atoms with van der Waals surface area (Å²) < 4.78 is 25.3. The van der Waals surface area contributed by atoms with Crippen molar-refractivity contribution in [3.05, 3.63) is 66.1 Å². The van der Waals surface area contributed by atoms with E-state index in [4.69, 9.17) is 9.47 Å². The molecule has 0 bridgehead atoms. The van der Waals surface area contributed by atoms with Gasteiger partial charge in [-0.05, 0) is 43.3 Å². The Morgan fingerprint density at radius 2 is 1.94 bits per heavy atom. The largest absolute Gasteiger partial charge is 0.488 e. The Morgan fingerprint density at radius 1 is 1.06 bits per heavy atom. The summed E-state index contributed by atoms with van der Waals surface area (Å²) in [4.78, 5) is 13.2. The van der Waals surface area contributed by atoms with Crippen molar-refractivity contribution in [1.29, 1.82) is 0 Å². The molecule has 1 N–H and O–H groups in total. The van der Waals surface area contributed by atoms with Crippen LogP contribution in [0.4, 0.5) is 10.2 Å². The van der Waals surface area contributed by atoms with Crippen molar-refractivity contribution in [3.8, 4) is 17.0 Å². The highest BCUT2D eigenvalue weighted by Gasteiger charge is 2.19. The lowest BCUT2D eigenvalue weighted by Crippen LogP contribution is -2.26. The van der Waals surface area contributed by atoms with Gasteiger partial charge in [0.2, 0.25) is 0 Å². The Balaban J connectivity index is 1.54. The molecule has 0 atom stereocenters. The first kappa shape index (κ1) is 21.1. The number of benzene rings is 1. The number of rotatable bonds is 6. The van der Waals surface area contributed by atoms with Gasteiger partial charge in [-0.25, -0.2) is 14.4 Å². The van der Waals surface area contributed by atoms with Gasteiger partial charge in [0, 0.05) is 23.8 Å². The molecule has 0 radical (unpaired) electrons. The first-order valence-electron chi connectivity index (χ1n) is 10.8. The number of ether oxygens (including phenoxy) is 2. The maximum absolute atomic E-state index is 13.5. The van der Waals surface area contributed by atoms with Crippen molar-refractivity contribution < 1.29 is 13.9 Å². The quantitative estimate of drug-likeness (QED) is 0.473. The van der Waals surface area contributed by atoms with E-state index >= 15 is 0 Å². The van der Waals surface area contributed by atoms with Crippen molar-refractivity contribution in [3.63, 3.8) is 0 Å². The summed E-state index contributed by atoms with van der Waals surface area (Å²) in [6.07, 6.45) is 4.37. The maximum Gasteiger partial charge on any atom is 0.146 e. The third-order valence-corrected chi connectivity index (χ3v) is 5.48. The van der Waals surface area contributed by atoms with Gasteiger partial charge < -0.3 is 14.8 Å². The van der Waals surface area contributed by atoms with Gasteiger partial charge in [-0.15, -0.1) is 0 Å². The SMILES string of the molecule is Cc1ccc(CNc2ncnc3c(OC4CCOCC4)cc(-c4ccc(F)cn4)cc23)nn1. The van der Waals surface area contributed by atoms with E-state index < -0.39 is 0 Å². The molecule has 0 amide bonds. The van der Waals surface area contributed by atoms with E-state index in [0.29, 0.717) is 42.5 Å². The second-order valence-electron chi connectivity index (χ2n) is 7.90. The monoisotopic (exact) mass is 446 g/mol. The van der Waals surface area contributed by atoms with Crippen LogP contribution in [-0.2, 0) is 11.3 Å². The highest BCUT2D eigenvalue weighted by Crippen LogP contribution is 2.35. The van der Waals surface area contributed by atoms with Crippen LogP contribution in [0, 0.1) is 12.7 Å². The first-order chi connectivity index (χ1) is 16.2. The van der Waals surface area contributed by atoms with Crippen LogP contribution in [0.2, 0.25) is 0 Å². The zero-order valence-electron chi connectivity index (χ0n) is 18.2. The fraction of sp³-hybridized carbons (Fsp3) is 0.292. The molecule has 0 aliphatic carbocycles. The molecule has 1 aromatic carbocycles. The van der Waals surface area contributed by atoms with Crippen LogP contribution in [-0.4, -0.2) is 44.5 Å². The summed E-state index contributed by atoms with van der Waals surface area (Å²) in [6, 6.07) is 10.7. The maximum atomic E-state index is 13.5. The first-order valence-corrected chi connectivity index (χ1v) is 10.8. The molecule has 33 heavy (non-hydrogen) atoms. The minimum atomic E-state index is -0.386. The van der Waals surface area contributed by atoms with Crippen molar-refractivity contribution in [1.82, 2.24) is 25.1 Å². The second kappa shape index (κ2) is 9.41. The van der Waals surface area contributed by atoms with E-state index in [-0.39, 0.29) is 11.9 Å². The van der Waals surface area contributed by atoms with Crippen molar-refractivity contribution in [2.45, 2.75) is 32.4 Å².